The van der Waals surface area contributed by atoms with Crippen LogP contribution in [0, 0.1) is 5.92 Å². The third kappa shape index (κ3) is 2.85. The molecule has 0 amide bonds. The van der Waals surface area contributed by atoms with Crippen LogP contribution in [0.25, 0.3) is 0 Å². The van der Waals surface area contributed by atoms with Gasteiger partial charge in [0, 0.05) is 31.0 Å². The van der Waals surface area contributed by atoms with Gasteiger partial charge in [0.1, 0.15) is 0 Å². The monoisotopic (exact) mass is 239 g/mol. The Bertz CT molecular complexity index is 326. The molecule has 1 fully saturated rings. The van der Waals surface area contributed by atoms with E-state index in [9.17, 15) is 0 Å². The summed E-state index contributed by atoms with van der Waals surface area (Å²) in [6.07, 6.45) is 7.44. The molecule has 1 atom stereocenters. The molecule has 1 aromatic rings. The fourth-order valence-electron chi connectivity index (χ4n) is 2.04. The highest BCUT2D eigenvalue weighted by atomic mass is 35.5. The highest BCUT2D eigenvalue weighted by Gasteiger charge is 2.15. The predicted octanol–water partition coefficient (Wildman–Crippen LogP) is 2.84. The molecule has 0 spiro atoms. The van der Waals surface area contributed by atoms with Crippen molar-refractivity contribution in [3.05, 3.63) is 18.0 Å². The van der Waals surface area contributed by atoms with Crippen molar-refractivity contribution in [2.45, 2.75) is 32.1 Å². The van der Waals surface area contributed by atoms with Gasteiger partial charge in [-0.3, -0.25) is 0 Å². The summed E-state index contributed by atoms with van der Waals surface area (Å²) in [6.45, 7) is 4.47. The second-order valence-corrected chi connectivity index (χ2v) is 4.82. The summed E-state index contributed by atoms with van der Waals surface area (Å²) in [5, 5.41) is 0. The van der Waals surface area contributed by atoms with E-state index in [2.05, 4.69) is 21.8 Å². The minimum absolute atomic E-state index is 0.483. The third-order valence-electron chi connectivity index (χ3n) is 3.15. The van der Waals surface area contributed by atoms with Crippen LogP contribution in [0.3, 0.4) is 0 Å². The quantitative estimate of drug-likeness (QED) is 0.744. The Labute approximate surface area is 102 Å². The molecule has 3 nitrogen and oxygen atoms in total. The Balaban J connectivity index is 2.04. The van der Waals surface area contributed by atoms with Crippen LogP contribution in [0.4, 0.5) is 5.95 Å². The van der Waals surface area contributed by atoms with Crippen molar-refractivity contribution < 1.29 is 0 Å². The standard InChI is InChI=1S/C12H18ClN3/c1-10-3-2-5-16(6-4-10)12-14-8-11(7-13)9-15-12/h8-10H,2-7H2,1H3. The number of hydrogen-bond acceptors (Lipinski definition) is 3. The van der Waals surface area contributed by atoms with Gasteiger partial charge in [-0.2, -0.15) is 0 Å². The van der Waals surface area contributed by atoms with Crippen molar-refractivity contribution in [2.24, 2.45) is 5.92 Å². The van der Waals surface area contributed by atoms with Crippen LogP contribution in [0.2, 0.25) is 0 Å². The molecule has 1 aromatic heterocycles. The molecule has 1 unspecified atom stereocenters. The first kappa shape index (κ1) is 11.6. The second-order valence-electron chi connectivity index (χ2n) is 4.55. The summed E-state index contributed by atoms with van der Waals surface area (Å²) in [5.41, 5.74) is 0.980. The lowest BCUT2D eigenvalue weighted by molar-refractivity contribution is 0.521. The zero-order chi connectivity index (χ0) is 11.4. The van der Waals surface area contributed by atoms with E-state index in [1.165, 1.54) is 19.3 Å². The molecule has 0 bridgehead atoms. The Morgan fingerprint density at radius 2 is 2.06 bits per heavy atom. The van der Waals surface area contributed by atoms with Crippen molar-refractivity contribution in [1.29, 1.82) is 0 Å². The van der Waals surface area contributed by atoms with E-state index in [-0.39, 0.29) is 0 Å². The summed E-state index contributed by atoms with van der Waals surface area (Å²) in [7, 11) is 0. The van der Waals surface area contributed by atoms with Crippen molar-refractivity contribution >= 4 is 17.5 Å². The zero-order valence-corrected chi connectivity index (χ0v) is 10.5. The Morgan fingerprint density at radius 3 is 2.75 bits per heavy atom. The van der Waals surface area contributed by atoms with Gasteiger partial charge in [0.25, 0.3) is 0 Å². The Hall–Kier alpha value is -0.830. The number of hydrogen-bond donors (Lipinski definition) is 0. The number of halogens is 1. The van der Waals surface area contributed by atoms with Crippen LogP contribution in [0.15, 0.2) is 12.4 Å². The average Bonchev–Trinajstić information content (AvgIpc) is 2.54. The molecule has 1 aliphatic rings. The van der Waals surface area contributed by atoms with Gasteiger partial charge in [0.15, 0.2) is 0 Å². The topological polar surface area (TPSA) is 29.0 Å². The molecule has 1 saturated heterocycles. The van der Waals surface area contributed by atoms with E-state index >= 15 is 0 Å². The van der Waals surface area contributed by atoms with Crippen molar-refractivity contribution in [3.63, 3.8) is 0 Å². The average molecular weight is 240 g/mol. The SMILES string of the molecule is CC1CCCN(c2ncc(CCl)cn2)CC1. The van der Waals surface area contributed by atoms with E-state index in [0.29, 0.717) is 5.88 Å². The van der Waals surface area contributed by atoms with Crippen LogP contribution < -0.4 is 4.90 Å². The summed E-state index contributed by atoms with van der Waals surface area (Å²) in [6, 6.07) is 0. The molecule has 16 heavy (non-hydrogen) atoms. The fourth-order valence-corrected chi connectivity index (χ4v) is 2.18. The molecule has 2 rings (SSSR count). The molecule has 4 heteroatoms. The molecular weight excluding hydrogens is 222 g/mol. The molecule has 0 aromatic carbocycles. The van der Waals surface area contributed by atoms with Gasteiger partial charge in [-0.25, -0.2) is 9.97 Å². The molecule has 88 valence electrons. The van der Waals surface area contributed by atoms with E-state index in [1.54, 1.807) is 0 Å². The van der Waals surface area contributed by atoms with Crippen LogP contribution in [0.1, 0.15) is 31.7 Å². The van der Waals surface area contributed by atoms with Crippen molar-refractivity contribution in [3.8, 4) is 0 Å². The lowest BCUT2D eigenvalue weighted by atomic mass is 10.0. The first-order valence-electron chi connectivity index (χ1n) is 5.91. The van der Waals surface area contributed by atoms with Gasteiger partial charge >= 0.3 is 0 Å². The minimum atomic E-state index is 0.483. The maximum absolute atomic E-state index is 5.72. The second kappa shape index (κ2) is 5.48. The van der Waals surface area contributed by atoms with Crippen LogP contribution in [-0.2, 0) is 5.88 Å². The number of rotatable bonds is 2. The largest absolute Gasteiger partial charge is 0.341 e. The van der Waals surface area contributed by atoms with E-state index in [1.807, 2.05) is 12.4 Å². The van der Waals surface area contributed by atoms with Crippen LogP contribution in [0.5, 0.6) is 0 Å². The first-order chi connectivity index (χ1) is 7.79. The van der Waals surface area contributed by atoms with E-state index < -0.39 is 0 Å². The van der Waals surface area contributed by atoms with Gasteiger partial charge < -0.3 is 4.90 Å². The predicted molar refractivity (Wildman–Crippen MR) is 66.8 cm³/mol. The molecule has 0 saturated carbocycles. The third-order valence-corrected chi connectivity index (χ3v) is 3.45. The van der Waals surface area contributed by atoms with E-state index in [0.717, 1.165) is 30.5 Å². The smallest absolute Gasteiger partial charge is 0.225 e. The summed E-state index contributed by atoms with van der Waals surface area (Å²) in [5.74, 6) is 2.16. The summed E-state index contributed by atoms with van der Waals surface area (Å²) < 4.78 is 0. The summed E-state index contributed by atoms with van der Waals surface area (Å²) >= 11 is 5.72. The molecule has 0 radical (unpaired) electrons. The van der Waals surface area contributed by atoms with Gasteiger partial charge in [-0.15, -0.1) is 11.6 Å². The molecule has 0 aliphatic carbocycles. The summed E-state index contributed by atoms with van der Waals surface area (Å²) in [4.78, 5) is 11.0. The maximum atomic E-state index is 5.72. The molecule has 2 heterocycles. The normalized spacial score (nSPS) is 21.9. The number of alkyl halides is 1. The van der Waals surface area contributed by atoms with Crippen molar-refractivity contribution in [2.75, 3.05) is 18.0 Å². The lowest BCUT2D eigenvalue weighted by Gasteiger charge is -2.20. The molecule has 1 aliphatic heterocycles. The molecule has 0 N–H and O–H groups in total. The Morgan fingerprint density at radius 1 is 1.31 bits per heavy atom. The van der Waals surface area contributed by atoms with Crippen LogP contribution in [-0.4, -0.2) is 23.1 Å². The van der Waals surface area contributed by atoms with Crippen molar-refractivity contribution in [1.82, 2.24) is 9.97 Å². The number of aromatic nitrogens is 2. The Kier molecular flexibility index (Phi) is 3.99. The van der Waals surface area contributed by atoms with Crippen LogP contribution >= 0.6 is 11.6 Å². The van der Waals surface area contributed by atoms with Gasteiger partial charge in [-0.05, 0) is 25.2 Å². The van der Waals surface area contributed by atoms with Gasteiger partial charge in [0.2, 0.25) is 5.95 Å². The highest BCUT2D eigenvalue weighted by Crippen LogP contribution is 2.19. The number of nitrogens with zero attached hydrogens (tertiary/aromatic N) is 3. The minimum Gasteiger partial charge on any atom is -0.341 e. The number of anilines is 1. The highest BCUT2D eigenvalue weighted by molar-refractivity contribution is 6.17. The van der Waals surface area contributed by atoms with E-state index in [4.69, 9.17) is 11.6 Å². The first-order valence-corrected chi connectivity index (χ1v) is 6.45. The fraction of sp³-hybridized carbons (Fsp3) is 0.667. The molecular formula is C12H18ClN3. The lowest BCUT2D eigenvalue weighted by Crippen LogP contribution is -2.26. The maximum Gasteiger partial charge on any atom is 0.225 e. The van der Waals surface area contributed by atoms with Gasteiger partial charge in [-0.1, -0.05) is 6.92 Å². The van der Waals surface area contributed by atoms with Gasteiger partial charge in [0.05, 0.1) is 5.88 Å². The zero-order valence-electron chi connectivity index (χ0n) is 9.69.